The van der Waals surface area contributed by atoms with Crippen LogP contribution in [0, 0.1) is 0 Å². The zero-order valence-electron chi connectivity index (χ0n) is 13.7. The van der Waals surface area contributed by atoms with E-state index in [0.717, 1.165) is 5.39 Å². The summed E-state index contributed by atoms with van der Waals surface area (Å²) >= 11 is 0. The van der Waals surface area contributed by atoms with Gasteiger partial charge >= 0.3 is 0 Å². The summed E-state index contributed by atoms with van der Waals surface area (Å²) in [5.74, 6) is -0.144. The van der Waals surface area contributed by atoms with Gasteiger partial charge in [-0.15, -0.1) is 0 Å². The van der Waals surface area contributed by atoms with E-state index in [-0.39, 0.29) is 11.5 Å². The molecule has 126 valence electrons. The van der Waals surface area contributed by atoms with Gasteiger partial charge in [0.1, 0.15) is 5.69 Å². The minimum absolute atomic E-state index is 0.144. The van der Waals surface area contributed by atoms with E-state index in [2.05, 4.69) is 0 Å². The third kappa shape index (κ3) is 2.83. The highest BCUT2D eigenvalue weighted by atomic mass is 16.5. The Morgan fingerprint density at radius 2 is 1.60 bits per heavy atom. The van der Waals surface area contributed by atoms with Gasteiger partial charge in [-0.1, -0.05) is 36.4 Å². The summed E-state index contributed by atoms with van der Waals surface area (Å²) in [5.41, 5.74) is 0.896. The normalized spacial score (nSPS) is 14.6. The molecule has 0 spiro atoms. The molecule has 1 fully saturated rings. The van der Waals surface area contributed by atoms with Crippen LogP contribution in [0.4, 0.5) is 0 Å². The maximum Gasteiger partial charge on any atom is 0.271 e. The van der Waals surface area contributed by atoms with E-state index in [1.807, 2.05) is 54.6 Å². The quantitative estimate of drug-likeness (QED) is 0.723. The average Bonchev–Trinajstić information content (AvgIpc) is 2.69. The van der Waals surface area contributed by atoms with Crippen LogP contribution in [-0.2, 0) is 4.74 Å². The summed E-state index contributed by atoms with van der Waals surface area (Å²) in [7, 11) is 0. The number of fused-ring (bicyclic) bond motifs is 1. The molecule has 0 bridgehead atoms. The number of carbonyl (C=O) groups excluding carboxylic acids is 1. The van der Waals surface area contributed by atoms with Crippen molar-refractivity contribution >= 4 is 16.7 Å². The molecule has 1 amide bonds. The van der Waals surface area contributed by atoms with Gasteiger partial charge in [-0.3, -0.25) is 14.2 Å². The van der Waals surface area contributed by atoms with E-state index in [9.17, 15) is 9.59 Å². The minimum Gasteiger partial charge on any atom is -0.378 e. The topological polar surface area (TPSA) is 51.5 Å². The summed E-state index contributed by atoms with van der Waals surface area (Å²) in [6.45, 7) is 2.12. The first-order chi connectivity index (χ1) is 12.3. The number of para-hydroxylation sites is 1. The third-order valence-corrected chi connectivity index (χ3v) is 4.46. The fourth-order valence-electron chi connectivity index (χ4n) is 3.18. The lowest BCUT2D eigenvalue weighted by Crippen LogP contribution is -2.42. The molecule has 5 heteroatoms. The van der Waals surface area contributed by atoms with E-state index in [4.69, 9.17) is 4.74 Å². The highest BCUT2D eigenvalue weighted by Crippen LogP contribution is 2.18. The van der Waals surface area contributed by atoms with E-state index < -0.39 is 0 Å². The van der Waals surface area contributed by atoms with E-state index >= 15 is 0 Å². The second kappa shape index (κ2) is 6.53. The lowest BCUT2D eigenvalue weighted by Gasteiger charge is -2.28. The molecular formula is C20H18N2O3. The summed E-state index contributed by atoms with van der Waals surface area (Å²) in [5, 5.41) is 1.38. The smallest absolute Gasteiger partial charge is 0.271 e. The van der Waals surface area contributed by atoms with Gasteiger partial charge in [0.25, 0.3) is 11.5 Å². The van der Waals surface area contributed by atoms with Crippen molar-refractivity contribution in [2.75, 3.05) is 26.3 Å². The Hall–Kier alpha value is -2.92. The van der Waals surface area contributed by atoms with Crippen molar-refractivity contribution in [1.29, 1.82) is 0 Å². The van der Waals surface area contributed by atoms with Crippen LogP contribution in [0.5, 0.6) is 0 Å². The second-order valence-corrected chi connectivity index (χ2v) is 6.00. The maximum atomic E-state index is 13.1. The Kier molecular flexibility index (Phi) is 4.07. The van der Waals surface area contributed by atoms with Gasteiger partial charge in [0.2, 0.25) is 0 Å². The number of ether oxygens (including phenoxy) is 1. The molecule has 0 aliphatic carbocycles. The Bertz CT molecular complexity index is 973. The Balaban J connectivity index is 1.95. The molecule has 25 heavy (non-hydrogen) atoms. The van der Waals surface area contributed by atoms with Crippen LogP contribution in [-0.4, -0.2) is 41.7 Å². The van der Waals surface area contributed by atoms with Crippen LogP contribution in [0.2, 0.25) is 0 Å². The lowest BCUT2D eigenvalue weighted by atomic mass is 10.1. The number of morpholine rings is 1. The van der Waals surface area contributed by atoms with Gasteiger partial charge in [-0.05, 0) is 29.7 Å². The first kappa shape index (κ1) is 15.6. The fourth-order valence-corrected chi connectivity index (χ4v) is 3.18. The van der Waals surface area contributed by atoms with Gasteiger partial charge < -0.3 is 9.64 Å². The molecule has 1 aliphatic heterocycles. The van der Waals surface area contributed by atoms with Crippen LogP contribution < -0.4 is 5.56 Å². The number of rotatable bonds is 2. The molecule has 2 heterocycles. The van der Waals surface area contributed by atoms with Crippen molar-refractivity contribution in [1.82, 2.24) is 9.47 Å². The Labute approximate surface area is 145 Å². The summed E-state index contributed by atoms with van der Waals surface area (Å²) in [6, 6.07) is 18.5. The maximum absolute atomic E-state index is 13.1. The van der Waals surface area contributed by atoms with E-state index in [0.29, 0.717) is 43.1 Å². The molecule has 2 aromatic carbocycles. The van der Waals surface area contributed by atoms with Crippen LogP contribution >= 0.6 is 0 Å². The molecule has 0 atom stereocenters. The molecule has 4 rings (SSSR count). The standard InChI is InChI=1S/C20H18N2O3/c23-19-17-9-5-4-6-15(17)14-18(20(24)21-10-12-25-13-11-21)22(19)16-7-2-1-3-8-16/h1-9,14H,10-13H2. The molecule has 1 aliphatic rings. The molecule has 3 aromatic rings. The van der Waals surface area contributed by atoms with Crippen molar-refractivity contribution < 1.29 is 9.53 Å². The monoisotopic (exact) mass is 334 g/mol. The largest absolute Gasteiger partial charge is 0.378 e. The fraction of sp³-hybridized carbons (Fsp3) is 0.200. The number of nitrogens with zero attached hydrogens (tertiary/aromatic N) is 2. The van der Waals surface area contributed by atoms with Crippen LogP contribution in [0.25, 0.3) is 16.5 Å². The molecule has 0 radical (unpaired) electrons. The number of aromatic nitrogens is 1. The predicted octanol–water partition coefficient (Wildman–Crippen LogP) is 2.46. The first-order valence-electron chi connectivity index (χ1n) is 8.33. The number of hydrogen-bond donors (Lipinski definition) is 0. The zero-order valence-corrected chi connectivity index (χ0v) is 13.7. The number of carbonyl (C=O) groups is 1. The minimum atomic E-state index is -0.180. The van der Waals surface area contributed by atoms with Gasteiger partial charge in [0.05, 0.1) is 13.2 Å². The number of pyridine rings is 1. The van der Waals surface area contributed by atoms with Gasteiger partial charge in [-0.2, -0.15) is 0 Å². The van der Waals surface area contributed by atoms with Crippen LogP contribution in [0.3, 0.4) is 0 Å². The summed E-state index contributed by atoms with van der Waals surface area (Å²) in [4.78, 5) is 27.9. The van der Waals surface area contributed by atoms with Crippen molar-refractivity contribution in [2.45, 2.75) is 0 Å². The van der Waals surface area contributed by atoms with Crippen molar-refractivity contribution in [3.63, 3.8) is 0 Å². The molecule has 1 aromatic heterocycles. The lowest BCUT2D eigenvalue weighted by molar-refractivity contribution is 0.0297. The van der Waals surface area contributed by atoms with Crippen LogP contribution in [0.15, 0.2) is 65.5 Å². The number of hydrogen-bond acceptors (Lipinski definition) is 3. The van der Waals surface area contributed by atoms with Crippen LogP contribution in [0.1, 0.15) is 10.5 Å². The zero-order chi connectivity index (χ0) is 17.2. The highest BCUT2D eigenvalue weighted by molar-refractivity contribution is 5.97. The molecule has 0 unspecified atom stereocenters. The predicted molar refractivity (Wildman–Crippen MR) is 96.3 cm³/mol. The van der Waals surface area contributed by atoms with Gasteiger partial charge in [0.15, 0.2) is 0 Å². The SMILES string of the molecule is O=C(c1cc2ccccc2c(=O)n1-c1ccccc1)N1CCOCC1. The van der Waals surface area contributed by atoms with Crippen molar-refractivity contribution in [3.8, 4) is 5.69 Å². The number of amides is 1. The average molecular weight is 334 g/mol. The summed E-state index contributed by atoms with van der Waals surface area (Å²) in [6.07, 6.45) is 0. The molecule has 1 saturated heterocycles. The third-order valence-electron chi connectivity index (χ3n) is 4.46. The molecule has 0 N–H and O–H groups in total. The molecule has 0 saturated carbocycles. The Morgan fingerprint density at radius 3 is 2.36 bits per heavy atom. The van der Waals surface area contributed by atoms with Gasteiger partial charge in [0, 0.05) is 24.2 Å². The highest BCUT2D eigenvalue weighted by Gasteiger charge is 2.23. The Morgan fingerprint density at radius 1 is 0.920 bits per heavy atom. The second-order valence-electron chi connectivity index (χ2n) is 6.00. The van der Waals surface area contributed by atoms with E-state index in [1.54, 1.807) is 11.0 Å². The molecule has 5 nitrogen and oxygen atoms in total. The first-order valence-corrected chi connectivity index (χ1v) is 8.33. The van der Waals surface area contributed by atoms with Crippen molar-refractivity contribution in [3.05, 3.63) is 76.7 Å². The van der Waals surface area contributed by atoms with Gasteiger partial charge in [-0.25, -0.2) is 0 Å². The van der Waals surface area contributed by atoms with Crippen molar-refractivity contribution in [2.24, 2.45) is 0 Å². The number of benzene rings is 2. The molecular weight excluding hydrogens is 316 g/mol. The van der Waals surface area contributed by atoms with E-state index in [1.165, 1.54) is 4.57 Å². The summed E-state index contributed by atoms with van der Waals surface area (Å²) < 4.78 is 6.85.